The highest BCUT2D eigenvalue weighted by Crippen LogP contribution is 2.34. The molecule has 8 heteroatoms. The van der Waals surface area contributed by atoms with Crippen LogP contribution >= 0.6 is 0 Å². The Morgan fingerprint density at radius 3 is 2.78 bits per heavy atom. The summed E-state index contributed by atoms with van der Waals surface area (Å²) in [6, 6.07) is 10.3. The fourth-order valence-corrected chi connectivity index (χ4v) is 3.88. The number of methoxy groups -OCH3 is 1. The quantitative estimate of drug-likeness (QED) is 0.586. The third-order valence-electron chi connectivity index (χ3n) is 5.56. The molecule has 1 amide bonds. The van der Waals surface area contributed by atoms with Gasteiger partial charge in [-0.05, 0) is 42.8 Å². The molecule has 1 aliphatic heterocycles. The van der Waals surface area contributed by atoms with Crippen LogP contribution in [-0.2, 0) is 17.9 Å². The van der Waals surface area contributed by atoms with Gasteiger partial charge >= 0.3 is 0 Å². The number of nitrogens with zero attached hydrogens (tertiary/aromatic N) is 3. The van der Waals surface area contributed by atoms with Crippen LogP contribution in [0, 0.1) is 12.7 Å². The third-order valence-corrected chi connectivity index (χ3v) is 5.56. The van der Waals surface area contributed by atoms with Crippen LogP contribution in [0.5, 0.6) is 11.5 Å². The predicted octanol–water partition coefficient (Wildman–Crippen LogP) is 3.02. The van der Waals surface area contributed by atoms with Gasteiger partial charge in [-0.15, -0.1) is 0 Å². The summed E-state index contributed by atoms with van der Waals surface area (Å²) in [7, 11) is 1.57. The van der Waals surface area contributed by atoms with E-state index in [4.69, 9.17) is 9.47 Å². The monoisotopic (exact) mass is 438 g/mol. The highest BCUT2D eigenvalue weighted by Gasteiger charge is 2.19. The van der Waals surface area contributed by atoms with E-state index in [0.29, 0.717) is 44.1 Å². The molecule has 0 aliphatic carbocycles. The van der Waals surface area contributed by atoms with Crippen molar-refractivity contribution < 1.29 is 18.7 Å². The van der Waals surface area contributed by atoms with Crippen LogP contribution in [-0.4, -0.2) is 53.7 Å². The van der Waals surface area contributed by atoms with Crippen molar-refractivity contribution in [2.24, 2.45) is 0 Å². The number of aryl methyl sites for hydroxylation is 1. The van der Waals surface area contributed by atoms with E-state index in [9.17, 15) is 9.18 Å². The minimum Gasteiger partial charge on any atom is -0.496 e. The first-order valence-electron chi connectivity index (χ1n) is 10.6. The second kappa shape index (κ2) is 9.82. The Hall–Kier alpha value is -3.39. The van der Waals surface area contributed by atoms with E-state index < -0.39 is 0 Å². The summed E-state index contributed by atoms with van der Waals surface area (Å²) in [5.74, 6) is 1.96. The first-order valence-corrected chi connectivity index (χ1v) is 10.6. The summed E-state index contributed by atoms with van der Waals surface area (Å²) in [6.45, 7) is 5.37. The lowest BCUT2D eigenvalue weighted by Gasteiger charge is -2.27. The number of amides is 1. The van der Waals surface area contributed by atoms with E-state index in [0.717, 1.165) is 29.2 Å². The lowest BCUT2D eigenvalue weighted by molar-refractivity contribution is -0.124. The van der Waals surface area contributed by atoms with Gasteiger partial charge < -0.3 is 19.4 Å². The summed E-state index contributed by atoms with van der Waals surface area (Å²) in [4.78, 5) is 18.2. The first kappa shape index (κ1) is 21.8. The summed E-state index contributed by atoms with van der Waals surface area (Å²) in [5, 5.41) is 2.85. The molecule has 3 aromatic rings. The SMILES string of the molecule is COc1ccc(F)cc1-c1ccc(OCCn2ccnc2C)c(CN2CCNC(=O)C2)c1. The Kier molecular flexibility index (Phi) is 6.70. The van der Waals surface area contributed by atoms with Crippen LogP contribution in [0.15, 0.2) is 48.8 Å². The Bertz CT molecular complexity index is 1100. The highest BCUT2D eigenvalue weighted by molar-refractivity contribution is 5.78. The first-order chi connectivity index (χ1) is 15.5. The fraction of sp³-hybridized carbons (Fsp3) is 0.333. The lowest BCUT2D eigenvalue weighted by atomic mass is 10.0. The molecule has 0 unspecified atom stereocenters. The molecule has 2 heterocycles. The van der Waals surface area contributed by atoms with Gasteiger partial charge in [0.15, 0.2) is 0 Å². The van der Waals surface area contributed by atoms with Crippen LogP contribution in [0.1, 0.15) is 11.4 Å². The minimum absolute atomic E-state index is 0.0113. The molecule has 1 aromatic heterocycles. The average molecular weight is 439 g/mol. The number of carbonyl (C=O) groups is 1. The van der Waals surface area contributed by atoms with Crippen molar-refractivity contribution in [3.05, 3.63) is 66.0 Å². The van der Waals surface area contributed by atoms with E-state index >= 15 is 0 Å². The summed E-state index contributed by atoms with van der Waals surface area (Å²) < 4.78 is 27.5. The number of nitrogens with one attached hydrogen (secondary N) is 1. The van der Waals surface area contributed by atoms with Gasteiger partial charge in [0, 0.05) is 43.2 Å². The largest absolute Gasteiger partial charge is 0.496 e. The number of imidazole rings is 1. The molecule has 1 fully saturated rings. The topological polar surface area (TPSA) is 68.6 Å². The minimum atomic E-state index is -0.328. The molecule has 2 aromatic carbocycles. The molecule has 168 valence electrons. The van der Waals surface area contributed by atoms with E-state index in [1.54, 1.807) is 19.4 Å². The van der Waals surface area contributed by atoms with Crippen molar-refractivity contribution in [1.29, 1.82) is 0 Å². The summed E-state index contributed by atoms with van der Waals surface area (Å²) >= 11 is 0. The lowest BCUT2D eigenvalue weighted by Crippen LogP contribution is -2.47. The summed E-state index contributed by atoms with van der Waals surface area (Å²) in [5.41, 5.74) is 2.44. The van der Waals surface area contributed by atoms with Crippen LogP contribution in [0.4, 0.5) is 4.39 Å². The summed E-state index contributed by atoms with van der Waals surface area (Å²) in [6.07, 6.45) is 3.69. The molecule has 0 spiro atoms. The maximum absolute atomic E-state index is 14.0. The number of piperazine rings is 1. The zero-order valence-electron chi connectivity index (χ0n) is 18.3. The molecular formula is C24H27FN4O3. The predicted molar refractivity (Wildman–Crippen MR) is 119 cm³/mol. The van der Waals surface area contributed by atoms with Crippen LogP contribution in [0.2, 0.25) is 0 Å². The van der Waals surface area contributed by atoms with Crippen molar-refractivity contribution in [1.82, 2.24) is 19.8 Å². The second-order valence-electron chi connectivity index (χ2n) is 7.74. The van der Waals surface area contributed by atoms with Gasteiger partial charge in [-0.1, -0.05) is 6.07 Å². The molecule has 0 bridgehead atoms. The normalized spacial score (nSPS) is 14.3. The van der Waals surface area contributed by atoms with Crippen molar-refractivity contribution in [3.63, 3.8) is 0 Å². The fourth-order valence-electron chi connectivity index (χ4n) is 3.88. The van der Waals surface area contributed by atoms with Gasteiger partial charge in [0.25, 0.3) is 0 Å². The smallest absolute Gasteiger partial charge is 0.234 e. The Balaban J connectivity index is 1.60. The molecule has 0 saturated carbocycles. The number of carbonyl (C=O) groups excluding carboxylic acids is 1. The number of benzene rings is 2. The number of ether oxygens (including phenoxy) is 2. The third kappa shape index (κ3) is 5.08. The number of halogens is 1. The van der Waals surface area contributed by atoms with Crippen molar-refractivity contribution in [3.8, 4) is 22.6 Å². The Morgan fingerprint density at radius 1 is 1.19 bits per heavy atom. The zero-order valence-corrected chi connectivity index (χ0v) is 18.3. The molecule has 1 N–H and O–H groups in total. The van der Waals surface area contributed by atoms with Gasteiger partial charge in [-0.25, -0.2) is 9.37 Å². The standard InChI is InChI=1S/C24H27FN4O3/c1-17-26-8-10-29(17)11-12-32-22-5-3-18(21-14-20(25)4-6-23(21)31-2)13-19(22)15-28-9-7-27-24(30)16-28/h3-6,8,10,13-14H,7,9,11-12,15-16H2,1-2H3,(H,27,30). The molecule has 7 nitrogen and oxygen atoms in total. The van der Waals surface area contributed by atoms with Crippen LogP contribution < -0.4 is 14.8 Å². The number of aromatic nitrogens is 2. The van der Waals surface area contributed by atoms with Gasteiger partial charge in [-0.3, -0.25) is 9.69 Å². The molecule has 0 atom stereocenters. The molecule has 1 aliphatic rings. The van der Waals surface area contributed by atoms with E-state index in [1.165, 1.54) is 12.1 Å². The number of hydrogen-bond donors (Lipinski definition) is 1. The second-order valence-corrected chi connectivity index (χ2v) is 7.74. The molecule has 1 saturated heterocycles. The molecular weight excluding hydrogens is 411 g/mol. The van der Waals surface area contributed by atoms with Crippen LogP contribution in [0.25, 0.3) is 11.1 Å². The van der Waals surface area contributed by atoms with E-state index in [2.05, 4.69) is 15.2 Å². The van der Waals surface area contributed by atoms with Crippen molar-refractivity contribution in [2.45, 2.75) is 20.0 Å². The average Bonchev–Trinajstić information content (AvgIpc) is 3.19. The van der Waals surface area contributed by atoms with Gasteiger partial charge in [0.05, 0.1) is 20.2 Å². The van der Waals surface area contributed by atoms with Gasteiger partial charge in [0.1, 0.15) is 29.7 Å². The van der Waals surface area contributed by atoms with Gasteiger partial charge in [0.2, 0.25) is 5.91 Å². The van der Waals surface area contributed by atoms with Gasteiger partial charge in [-0.2, -0.15) is 0 Å². The molecule has 4 rings (SSSR count). The maximum atomic E-state index is 14.0. The van der Waals surface area contributed by atoms with Crippen molar-refractivity contribution >= 4 is 5.91 Å². The number of hydrogen-bond acceptors (Lipinski definition) is 5. The van der Waals surface area contributed by atoms with Crippen molar-refractivity contribution in [2.75, 3.05) is 33.4 Å². The molecule has 32 heavy (non-hydrogen) atoms. The Labute approximate surface area is 186 Å². The van der Waals surface area contributed by atoms with Crippen LogP contribution in [0.3, 0.4) is 0 Å². The number of rotatable bonds is 8. The zero-order chi connectivity index (χ0) is 22.5. The van der Waals surface area contributed by atoms with E-state index in [1.807, 2.05) is 35.9 Å². The maximum Gasteiger partial charge on any atom is 0.234 e. The van der Waals surface area contributed by atoms with E-state index in [-0.39, 0.29) is 11.7 Å². The highest BCUT2D eigenvalue weighted by atomic mass is 19.1. The Morgan fingerprint density at radius 2 is 2.03 bits per heavy atom. The molecule has 0 radical (unpaired) electrons.